The number of amides is 1. The first kappa shape index (κ1) is 10.5. The van der Waals surface area contributed by atoms with Gasteiger partial charge in [-0.3, -0.25) is 4.79 Å². The van der Waals surface area contributed by atoms with Crippen LogP contribution in [-0.2, 0) is 4.79 Å². The zero-order valence-electron chi connectivity index (χ0n) is 8.12. The van der Waals surface area contributed by atoms with Crippen molar-refractivity contribution >= 4 is 5.91 Å². The molecular weight excluding hydrogens is 168 g/mol. The Morgan fingerprint density at radius 2 is 2.15 bits per heavy atom. The van der Waals surface area contributed by atoms with Crippen LogP contribution in [0.3, 0.4) is 0 Å². The Labute approximate surface area is 78.9 Å². The van der Waals surface area contributed by atoms with Gasteiger partial charge in [0, 0.05) is 19.6 Å². The standard InChI is InChI=1S/C9H18N2O2/c1-8(12)6-10-7-9(13)11-4-2-3-5-11/h8,10,12H,2-7H2,1H3/t8-/m1/s1. The molecule has 1 aliphatic heterocycles. The van der Waals surface area contributed by atoms with Gasteiger partial charge in [-0.05, 0) is 19.8 Å². The summed E-state index contributed by atoms with van der Waals surface area (Å²) >= 11 is 0. The molecule has 4 heteroatoms. The molecule has 1 saturated heterocycles. The number of likely N-dealkylation sites (tertiary alicyclic amines) is 1. The van der Waals surface area contributed by atoms with Gasteiger partial charge in [0.2, 0.25) is 5.91 Å². The maximum absolute atomic E-state index is 11.4. The summed E-state index contributed by atoms with van der Waals surface area (Å²) < 4.78 is 0. The minimum Gasteiger partial charge on any atom is -0.392 e. The summed E-state index contributed by atoms with van der Waals surface area (Å²) in [7, 11) is 0. The molecule has 0 radical (unpaired) electrons. The Kier molecular flexibility index (Phi) is 4.18. The van der Waals surface area contributed by atoms with E-state index in [-0.39, 0.29) is 12.0 Å². The molecule has 1 atom stereocenters. The number of nitrogens with zero attached hydrogens (tertiary/aromatic N) is 1. The zero-order chi connectivity index (χ0) is 9.68. The largest absolute Gasteiger partial charge is 0.392 e. The third-order valence-corrected chi connectivity index (χ3v) is 2.17. The van der Waals surface area contributed by atoms with E-state index in [1.807, 2.05) is 4.90 Å². The third kappa shape index (κ3) is 3.74. The summed E-state index contributed by atoms with van der Waals surface area (Å²) in [5.41, 5.74) is 0. The highest BCUT2D eigenvalue weighted by Gasteiger charge is 2.16. The predicted octanol–water partition coefficient (Wildman–Crippen LogP) is -0.421. The van der Waals surface area contributed by atoms with E-state index < -0.39 is 0 Å². The van der Waals surface area contributed by atoms with Crippen LogP contribution in [0.5, 0.6) is 0 Å². The van der Waals surface area contributed by atoms with Crippen molar-refractivity contribution in [1.29, 1.82) is 0 Å². The summed E-state index contributed by atoms with van der Waals surface area (Å²) in [4.78, 5) is 13.3. The molecule has 13 heavy (non-hydrogen) atoms. The van der Waals surface area contributed by atoms with Gasteiger partial charge in [0.15, 0.2) is 0 Å². The average molecular weight is 186 g/mol. The normalized spacial score (nSPS) is 19.1. The highest BCUT2D eigenvalue weighted by molar-refractivity contribution is 5.78. The van der Waals surface area contributed by atoms with Crippen LogP contribution in [0.25, 0.3) is 0 Å². The summed E-state index contributed by atoms with van der Waals surface area (Å²) in [5, 5.41) is 11.9. The maximum atomic E-state index is 11.4. The Bertz CT molecular complexity index is 165. The lowest BCUT2D eigenvalue weighted by Crippen LogP contribution is -2.38. The Morgan fingerprint density at radius 1 is 1.54 bits per heavy atom. The molecule has 1 rings (SSSR count). The van der Waals surface area contributed by atoms with Crippen molar-refractivity contribution < 1.29 is 9.90 Å². The SMILES string of the molecule is C[C@@H](O)CNCC(=O)N1CCCC1. The van der Waals surface area contributed by atoms with Crippen molar-refractivity contribution in [2.45, 2.75) is 25.9 Å². The van der Waals surface area contributed by atoms with Gasteiger partial charge >= 0.3 is 0 Å². The summed E-state index contributed by atoms with van der Waals surface area (Å²) in [6.07, 6.45) is 1.87. The van der Waals surface area contributed by atoms with Gasteiger partial charge in [0.25, 0.3) is 0 Å². The fourth-order valence-electron chi connectivity index (χ4n) is 1.47. The second-order valence-electron chi connectivity index (χ2n) is 3.57. The highest BCUT2D eigenvalue weighted by Crippen LogP contribution is 2.06. The highest BCUT2D eigenvalue weighted by atomic mass is 16.3. The van der Waals surface area contributed by atoms with Crippen LogP contribution in [0.1, 0.15) is 19.8 Å². The van der Waals surface area contributed by atoms with Gasteiger partial charge in [-0.25, -0.2) is 0 Å². The minimum atomic E-state index is -0.383. The molecule has 1 heterocycles. The van der Waals surface area contributed by atoms with Crippen LogP contribution in [0.15, 0.2) is 0 Å². The van der Waals surface area contributed by atoms with Crippen molar-refractivity contribution in [3.05, 3.63) is 0 Å². The third-order valence-electron chi connectivity index (χ3n) is 2.17. The average Bonchev–Trinajstić information content (AvgIpc) is 2.55. The quantitative estimate of drug-likeness (QED) is 0.627. The van der Waals surface area contributed by atoms with Crippen molar-refractivity contribution in [2.24, 2.45) is 0 Å². The second-order valence-corrected chi connectivity index (χ2v) is 3.57. The molecule has 76 valence electrons. The van der Waals surface area contributed by atoms with E-state index in [9.17, 15) is 4.79 Å². The summed E-state index contributed by atoms with van der Waals surface area (Å²) in [6, 6.07) is 0. The van der Waals surface area contributed by atoms with Crippen molar-refractivity contribution in [1.82, 2.24) is 10.2 Å². The molecule has 2 N–H and O–H groups in total. The fourth-order valence-corrected chi connectivity index (χ4v) is 1.47. The number of carbonyl (C=O) groups excluding carboxylic acids is 1. The molecule has 0 spiro atoms. The first-order chi connectivity index (χ1) is 6.20. The second kappa shape index (κ2) is 5.19. The molecule has 1 fully saturated rings. The number of carbonyl (C=O) groups is 1. The van der Waals surface area contributed by atoms with Gasteiger partial charge in [0.05, 0.1) is 12.6 Å². The van der Waals surface area contributed by atoms with E-state index in [1.165, 1.54) is 0 Å². The first-order valence-corrected chi connectivity index (χ1v) is 4.86. The van der Waals surface area contributed by atoms with E-state index in [0.29, 0.717) is 13.1 Å². The fraction of sp³-hybridized carbons (Fsp3) is 0.889. The Morgan fingerprint density at radius 3 is 2.69 bits per heavy atom. The Hall–Kier alpha value is -0.610. The van der Waals surface area contributed by atoms with Crippen LogP contribution >= 0.6 is 0 Å². The van der Waals surface area contributed by atoms with Crippen LogP contribution in [0.2, 0.25) is 0 Å². The van der Waals surface area contributed by atoms with Crippen LogP contribution in [0.4, 0.5) is 0 Å². The van der Waals surface area contributed by atoms with E-state index in [0.717, 1.165) is 25.9 Å². The number of rotatable bonds is 4. The molecule has 0 bridgehead atoms. The Balaban J connectivity index is 2.10. The van der Waals surface area contributed by atoms with E-state index in [4.69, 9.17) is 5.11 Å². The van der Waals surface area contributed by atoms with Gasteiger partial charge in [-0.15, -0.1) is 0 Å². The first-order valence-electron chi connectivity index (χ1n) is 4.86. The lowest BCUT2D eigenvalue weighted by Gasteiger charge is -2.15. The smallest absolute Gasteiger partial charge is 0.236 e. The lowest BCUT2D eigenvalue weighted by molar-refractivity contribution is -0.129. The van der Waals surface area contributed by atoms with Crippen molar-refractivity contribution in [3.63, 3.8) is 0 Å². The monoisotopic (exact) mass is 186 g/mol. The van der Waals surface area contributed by atoms with Crippen LogP contribution in [-0.4, -0.2) is 48.2 Å². The molecule has 0 aliphatic carbocycles. The molecule has 0 aromatic carbocycles. The van der Waals surface area contributed by atoms with Crippen molar-refractivity contribution in [3.8, 4) is 0 Å². The van der Waals surface area contributed by atoms with Gasteiger partial charge in [0.1, 0.15) is 0 Å². The molecular formula is C9H18N2O2. The number of aliphatic hydroxyl groups excluding tert-OH is 1. The van der Waals surface area contributed by atoms with Gasteiger partial charge in [-0.2, -0.15) is 0 Å². The van der Waals surface area contributed by atoms with E-state index in [2.05, 4.69) is 5.32 Å². The zero-order valence-corrected chi connectivity index (χ0v) is 8.12. The molecule has 1 aliphatic rings. The molecule has 0 saturated carbocycles. The number of hydrogen-bond acceptors (Lipinski definition) is 3. The number of hydrogen-bond donors (Lipinski definition) is 2. The molecule has 0 unspecified atom stereocenters. The summed E-state index contributed by atoms with van der Waals surface area (Å²) in [6.45, 7) is 4.34. The predicted molar refractivity (Wildman–Crippen MR) is 50.4 cm³/mol. The van der Waals surface area contributed by atoms with Gasteiger partial charge in [-0.1, -0.05) is 0 Å². The topological polar surface area (TPSA) is 52.6 Å². The van der Waals surface area contributed by atoms with Crippen LogP contribution in [0, 0.1) is 0 Å². The molecule has 1 amide bonds. The maximum Gasteiger partial charge on any atom is 0.236 e. The molecule has 4 nitrogen and oxygen atoms in total. The van der Waals surface area contributed by atoms with Gasteiger partial charge < -0.3 is 15.3 Å². The van der Waals surface area contributed by atoms with E-state index >= 15 is 0 Å². The number of aliphatic hydroxyl groups is 1. The minimum absolute atomic E-state index is 0.151. The molecule has 0 aromatic heterocycles. The van der Waals surface area contributed by atoms with Crippen LogP contribution < -0.4 is 5.32 Å². The number of nitrogens with one attached hydrogen (secondary N) is 1. The lowest BCUT2D eigenvalue weighted by atomic mass is 10.4. The molecule has 0 aromatic rings. The van der Waals surface area contributed by atoms with E-state index in [1.54, 1.807) is 6.92 Å². The van der Waals surface area contributed by atoms with Crippen molar-refractivity contribution in [2.75, 3.05) is 26.2 Å². The summed E-state index contributed by atoms with van der Waals surface area (Å²) in [5.74, 6) is 0.151.